The highest BCUT2D eigenvalue weighted by molar-refractivity contribution is 6.13. The molecular weight excluding hydrogens is 715 g/mol. The van der Waals surface area contributed by atoms with E-state index in [0.29, 0.717) is 0 Å². The number of hydrogen-bond acceptors (Lipinski definition) is 2. The van der Waals surface area contributed by atoms with Crippen LogP contribution in [-0.4, -0.2) is 0 Å². The fourth-order valence-electron chi connectivity index (χ4n) is 8.89. The number of rotatable bonds is 7. The molecule has 10 aromatic carbocycles. The SMILES string of the molecule is Cc1c(-c2cccc(N(c3ccc(-c4ccc(-c5cccc6ccccc56)cc4)cc3)c3ccc(-c4cc5ccccc5c5ccccc45)cc3)c2)oc2ccccc12. The minimum Gasteiger partial charge on any atom is -0.456 e. The lowest BCUT2D eigenvalue weighted by molar-refractivity contribution is 0.629. The average molecular weight is 754 g/mol. The third-order valence-electron chi connectivity index (χ3n) is 11.9. The molecule has 1 heterocycles. The molecule has 278 valence electrons. The van der Waals surface area contributed by atoms with Crippen LogP contribution in [0.4, 0.5) is 17.1 Å². The normalized spacial score (nSPS) is 11.5. The van der Waals surface area contributed by atoms with Crippen LogP contribution in [0.5, 0.6) is 0 Å². The van der Waals surface area contributed by atoms with Crippen LogP contribution in [0.1, 0.15) is 5.56 Å². The standard InChI is InChI=1S/C57H39NO/c1-38-49-17-8-9-23-56(49)59-57(38)45-15-10-16-48(36-45)58(47-34-30-43(31-35-47)55-37-44-13-3-5-19-52(44)53-20-6-7-21-54(53)55)46-32-28-40(29-33-46)39-24-26-42(27-25-39)51-22-11-14-41-12-2-4-18-50(41)51/h2-37H,1H3. The molecule has 0 amide bonds. The molecule has 0 radical (unpaired) electrons. The van der Waals surface area contributed by atoms with Gasteiger partial charge in [0.25, 0.3) is 0 Å². The van der Waals surface area contributed by atoms with E-state index in [1.807, 2.05) is 12.1 Å². The van der Waals surface area contributed by atoms with Crippen LogP contribution in [0.2, 0.25) is 0 Å². The summed E-state index contributed by atoms with van der Waals surface area (Å²) in [4.78, 5) is 2.34. The van der Waals surface area contributed by atoms with Crippen LogP contribution in [0, 0.1) is 6.92 Å². The highest BCUT2D eigenvalue weighted by atomic mass is 16.3. The molecule has 1 aromatic heterocycles. The molecule has 0 aliphatic rings. The first-order valence-corrected chi connectivity index (χ1v) is 20.2. The minimum absolute atomic E-state index is 0.897. The quantitative estimate of drug-likeness (QED) is 0.151. The molecule has 11 aromatic rings. The van der Waals surface area contributed by atoms with Crippen molar-refractivity contribution >= 4 is 60.3 Å². The van der Waals surface area contributed by atoms with Gasteiger partial charge in [0.2, 0.25) is 0 Å². The second-order valence-corrected chi connectivity index (χ2v) is 15.3. The van der Waals surface area contributed by atoms with E-state index < -0.39 is 0 Å². The van der Waals surface area contributed by atoms with Crippen molar-refractivity contribution in [2.24, 2.45) is 0 Å². The molecule has 59 heavy (non-hydrogen) atoms. The number of aryl methyl sites for hydroxylation is 1. The van der Waals surface area contributed by atoms with Crippen molar-refractivity contribution in [1.82, 2.24) is 0 Å². The van der Waals surface area contributed by atoms with Gasteiger partial charge in [-0.25, -0.2) is 0 Å². The second-order valence-electron chi connectivity index (χ2n) is 15.3. The fraction of sp³-hybridized carbons (Fsp3) is 0.0175. The van der Waals surface area contributed by atoms with Gasteiger partial charge < -0.3 is 9.32 Å². The Bertz CT molecular complexity index is 3310. The first-order valence-electron chi connectivity index (χ1n) is 20.2. The lowest BCUT2D eigenvalue weighted by Gasteiger charge is -2.26. The van der Waals surface area contributed by atoms with Crippen molar-refractivity contribution in [3.05, 3.63) is 224 Å². The first-order chi connectivity index (χ1) is 29.2. The summed E-state index contributed by atoms with van der Waals surface area (Å²) in [6, 6.07) is 78.7. The van der Waals surface area contributed by atoms with Crippen LogP contribution >= 0.6 is 0 Å². The second kappa shape index (κ2) is 14.4. The van der Waals surface area contributed by atoms with Crippen LogP contribution < -0.4 is 4.90 Å². The zero-order valence-corrected chi connectivity index (χ0v) is 32.6. The number of fused-ring (bicyclic) bond motifs is 5. The van der Waals surface area contributed by atoms with Crippen molar-refractivity contribution < 1.29 is 4.42 Å². The van der Waals surface area contributed by atoms with E-state index in [2.05, 4.69) is 218 Å². The summed E-state index contributed by atoms with van der Waals surface area (Å²) >= 11 is 0. The zero-order valence-electron chi connectivity index (χ0n) is 32.6. The van der Waals surface area contributed by atoms with E-state index >= 15 is 0 Å². The fourth-order valence-corrected chi connectivity index (χ4v) is 8.89. The largest absolute Gasteiger partial charge is 0.456 e. The molecule has 0 saturated carbocycles. The summed E-state index contributed by atoms with van der Waals surface area (Å²) in [5, 5.41) is 8.71. The predicted octanol–water partition coefficient (Wildman–Crippen LogP) is 16.3. The van der Waals surface area contributed by atoms with Gasteiger partial charge in [0, 0.05) is 33.6 Å². The molecule has 0 atom stereocenters. The lowest BCUT2D eigenvalue weighted by Crippen LogP contribution is -2.10. The van der Waals surface area contributed by atoms with Crippen LogP contribution in [-0.2, 0) is 0 Å². The molecule has 0 fully saturated rings. The monoisotopic (exact) mass is 753 g/mol. The van der Waals surface area contributed by atoms with E-state index in [0.717, 1.165) is 44.9 Å². The molecule has 0 bridgehead atoms. The molecule has 0 aliphatic heterocycles. The number of hydrogen-bond donors (Lipinski definition) is 0. The van der Waals surface area contributed by atoms with Gasteiger partial charge in [-0.2, -0.15) is 0 Å². The molecule has 0 spiro atoms. The van der Waals surface area contributed by atoms with Gasteiger partial charge in [0.05, 0.1) is 0 Å². The number of para-hydroxylation sites is 1. The summed E-state index contributed by atoms with van der Waals surface area (Å²) in [7, 11) is 0. The Hall–Kier alpha value is -7.68. The Morgan fingerprint density at radius 1 is 0.322 bits per heavy atom. The predicted molar refractivity (Wildman–Crippen MR) is 250 cm³/mol. The van der Waals surface area contributed by atoms with Crippen molar-refractivity contribution in [2.75, 3.05) is 4.90 Å². The van der Waals surface area contributed by atoms with Crippen LogP contribution in [0.3, 0.4) is 0 Å². The smallest absolute Gasteiger partial charge is 0.138 e. The van der Waals surface area contributed by atoms with Crippen LogP contribution in [0.15, 0.2) is 223 Å². The van der Waals surface area contributed by atoms with Gasteiger partial charge in [-0.3, -0.25) is 0 Å². The highest BCUT2D eigenvalue weighted by Crippen LogP contribution is 2.42. The van der Waals surface area contributed by atoms with E-state index in [-0.39, 0.29) is 0 Å². The summed E-state index contributed by atoms with van der Waals surface area (Å²) in [6.07, 6.45) is 0. The molecule has 0 unspecified atom stereocenters. The van der Waals surface area contributed by atoms with Gasteiger partial charge in [0.15, 0.2) is 0 Å². The minimum atomic E-state index is 0.897. The Morgan fingerprint density at radius 3 is 1.58 bits per heavy atom. The molecule has 2 heteroatoms. The third-order valence-corrected chi connectivity index (χ3v) is 11.9. The third kappa shape index (κ3) is 6.14. The van der Waals surface area contributed by atoms with Crippen molar-refractivity contribution in [3.63, 3.8) is 0 Å². The van der Waals surface area contributed by atoms with Gasteiger partial charge in [-0.05, 0) is 121 Å². The maximum atomic E-state index is 6.47. The van der Waals surface area contributed by atoms with Gasteiger partial charge in [-0.15, -0.1) is 0 Å². The van der Waals surface area contributed by atoms with E-state index in [1.165, 1.54) is 65.7 Å². The number of anilines is 3. The summed E-state index contributed by atoms with van der Waals surface area (Å²) < 4.78 is 6.47. The van der Waals surface area contributed by atoms with Crippen molar-refractivity contribution in [3.8, 4) is 44.7 Å². The number of furan rings is 1. The highest BCUT2D eigenvalue weighted by Gasteiger charge is 2.18. The Balaban J connectivity index is 0.986. The number of benzene rings is 10. The van der Waals surface area contributed by atoms with Gasteiger partial charge >= 0.3 is 0 Å². The Labute approximate surface area is 343 Å². The molecular formula is C57H39NO. The molecule has 2 nitrogen and oxygen atoms in total. The summed E-state index contributed by atoms with van der Waals surface area (Å²) in [5.74, 6) is 0.897. The summed E-state index contributed by atoms with van der Waals surface area (Å²) in [6.45, 7) is 2.15. The number of nitrogens with zero attached hydrogens (tertiary/aromatic N) is 1. The lowest BCUT2D eigenvalue weighted by atomic mass is 9.93. The zero-order chi connectivity index (χ0) is 39.3. The summed E-state index contributed by atoms with van der Waals surface area (Å²) in [5.41, 5.74) is 13.5. The van der Waals surface area contributed by atoms with Crippen LogP contribution in [0.25, 0.3) is 88.0 Å². The maximum absolute atomic E-state index is 6.47. The van der Waals surface area contributed by atoms with Gasteiger partial charge in [0.1, 0.15) is 11.3 Å². The average Bonchev–Trinajstić information content (AvgIpc) is 3.65. The maximum Gasteiger partial charge on any atom is 0.138 e. The Kier molecular flexibility index (Phi) is 8.41. The van der Waals surface area contributed by atoms with E-state index in [1.54, 1.807) is 0 Å². The van der Waals surface area contributed by atoms with Gasteiger partial charge in [-0.1, -0.05) is 170 Å². The topological polar surface area (TPSA) is 16.4 Å². The first kappa shape index (κ1) is 34.6. The van der Waals surface area contributed by atoms with Crippen molar-refractivity contribution in [1.29, 1.82) is 0 Å². The molecule has 11 rings (SSSR count). The van der Waals surface area contributed by atoms with Crippen molar-refractivity contribution in [2.45, 2.75) is 6.92 Å². The molecule has 0 N–H and O–H groups in total. The molecule has 0 saturated heterocycles. The molecule has 0 aliphatic carbocycles. The Morgan fingerprint density at radius 2 is 0.847 bits per heavy atom. The van der Waals surface area contributed by atoms with E-state index in [4.69, 9.17) is 4.42 Å². The van der Waals surface area contributed by atoms with E-state index in [9.17, 15) is 0 Å².